The monoisotopic (exact) mass is 267 g/mol. The summed E-state index contributed by atoms with van der Waals surface area (Å²) < 4.78 is 10.7. The number of nitrogens with two attached hydrogens (primary N) is 1. The molecule has 0 spiro atoms. The topological polar surface area (TPSA) is 74.2 Å². The van der Waals surface area contributed by atoms with Gasteiger partial charge in [-0.2, -0.15) is 4.98 Å². The molecule has 2 atom stereocenters. The zero-order valence-electron chi connectivity index (χ0n) is 11.8. The van der Waals surface area contributed by atoms with Gasteiger partial charge in [0.25, 0.3) is 0 Å². The molecule has 108 valence electrons. The molecular formula is C14H25N3O2. The van der Waals surface area contributed by atoms with Gasteiger partial charge in [-0.05, 0) is 31.7 Å². The van der Waals surface area contributed by atoms with Crippen molar-refractivity contribution in [2.45, 2.75) is 51.4 Å². The Kier molecular flexibility index (Phi) is 5.79. The SMILES string of the molecule is CCCC(CCN)CCc1nc(C2CCOC2)no1. The highest BCUT2D eigenvalue weighted by Gasteiger charge is 2.23. The maximum Gasteiger partial charge on any atom is 0.226 e. The highest BCUT2D eigenvalue weighted by molar-refractivity contribution is 4.97. The van der Waals surface area contributed by atoms with Crippen LogP contribution in [0, 0.1) is 5.92 Å². The Hall–Kier alpha value is -0.940. The van der Waals surface area contributed by atoms with E-state index in [9.17, 15) is 0 Å². The molecule has 5 heteroatoms. The van der Waals surface area contributed by atoms with Crippen LogP contribution in [0.5, 0.6) is 0 Å². The molecule has 2 unspecified atom stereocenters. The van der Waals surface area contributed by atoms with Crippen LogP contribution in [0.25, 0.3) is 0 Å². The van der Waals surface area contributed by atoms with Crippen molar-refractivity contribution >= 4 is 0 Å². The van der Waals surface area contributed by atoms with Crippen molar-refractivity contribution in [3.63, 3.8) is 0 Å². The van der Waals surface area contributed by atoms with Gasteiger partial charge in [-0.1, -0.05) is 24.9 Å². The summed E-state index contributed by atoms with van der Waals surface area (Å²) in [7, 11) is 0. The summed E-state index contributed by atoms with van der Waals surface area (Å²) in [6.45, 7) is 4.52. The summed E-state index contributed by atoms with van der Waals surface area (Å²) in [5.41, 5.74) is 5.65. The third-order valence-corrected chi connectivity index (χ3v) is 3.82. The molecule has 2 rings (SSSR count). The summed E-state index contributed by atoms with van der Waals surface area (Å²) in [6, 6.07) is 0. The van der Waals surface area contributed by atoms with Crippen molar-refractivity contribution in [3.05, 3.63) is 11.7 Å². The lowest BCUT2D eigenvalue weighted by Crippen LogP contribution is -2.10. The maximum absolute atomic E-state index is 5.65. The molecule has 0 bridgehead atoms. The van der Waals surface area contributed by atoms with Crippen LogP contribution in [-0.4, -0.2) is 29.9 Å². The van der Waals surface area contributed by atoms with Crippen LogP contribution in [0.2, 0.25) is 0 Å². The van der Waals surface area contributed by atoms with Crippen LogP contribution in [0.1, 0.15) is 56.7 Å². The van der Waals surface area contributed by atoms with E-state index in [-0.39, 0.29) is 0 Å². The minimum atomic E-state index is 0.327. The van der Waals surface area contributed by atoms with Gasteiger partial charge in [0, 0.05) is 18.9 Å². The molecule has 0 saturated carbocycles. The Morgan fingerprint density at radius 3 is 2.95 bits per heavy atom. The summed E-state index contributed by atoms with van der Waals surface area (Å²) in [6.07, 6.45) is 6.49. The quantitative estimate of drug-likeness (QED) is 0.782. The van der Waals surface area contributed by atoms with Gasteiger partial charge in [-0.25, -0.2) is 0 Å². The number of ether oxygens (including phenoxy) is 1. The average molecular weight is 267 g/mol. The highest BCUT2D eigenvalue weighted by Crippen LogP contribution is 2.23. The zero-order chi connectivity index (χ0) is 13.5. The van der Waals surface area contributed by atoms with E-state index in [1.165, 1.54) is 12.8 Å². The number of aryl methyl sites for hydroxylation is 1. The van der Waals surface area contributed by atoms with E-state index in [4.69, 9.17) is 15.0 Å². The molecule has 0 aromatic carbocycles. The summed E-state index contributed by atoms with van der Waals surface area (Å²) in [5, 5.41) is 4.08. The third-order valence-electron chi connectivity index (χ3n) is 3.82. The van der Waals surface area contributed by atoms with Gasteiger partial charge in [-0.15, -0.1) is 0 Å². The molecule has 5 nitrogen and oxygen atoms in total. The lowest BCUT2D eigenvalue weighted by molar-refractivity contribution is 0.192. The molecule has 1 aromatic heterocycles. The van der Waals surface area contributed by atoms with Gasteiger partial charge in [0.15, 0.2) is 5.82 Å². The van der Waals surface area contributed by atoms with E-state index in [2.05, 4.69) is 17.1 Å². The van der Waals surface area contributed by atoms with E-state index in [1.807, 2.05) is 0 Å². The predicted octanol–water partition coefficient (Wildman–Crippen LogP) is 2.27. The van der Waals surface area contributed by atoms with Gasteiger partial charge < -0.3 is 15.0 Å². The van der Waals surface area contributed by atoms with Crippen molar-refractivity contribution in [2.24, 2.45) is 11.7 Å². The molecule has 0 radical (unpaired) electrons. The van der Waals surface area contributed by atoms with E-state index in [0.717, 1.165) is 57.2 Å². The van der Waals surface area contributed by atoms with Gasteiger partial charge in [-0.3, -0.25) is 0 Å². The van der Waals surface area contributed by atoms with Crippen LogP contribution >= 0.6 is 0 Å². The molecular weight excluding hydrogens is 242 g/mol. The fourth-order valence-corrected chi connectivity index (χ4v) is 2.68. The fourth-order valence-electron chi connectivity index (χ4n) is 2.68. The smallest absolute Gasteiger partial charge is 0.226 e. The van der Waals surface area contributed by atoms with E-state index >= 15 is 0 Å². The van der Waals surface area contributed by atoms with Gasteiger partial charge in [0.1, 0.15) is 0 Å². The summed E-state index contributed by atoms with van der Waals surface area (Å²) in [4.78, 5) is 4.50. The Morgan fingerprint density at radius 1 is 1.37 bits per heavy atom. The molecule has 19 heavy (non-hydrogen) atoms. The minimum absolute atomic E-state index is 0.327. The minimum Gasteiger partial charge on any atom is -0.381 e. The van der Waals surface area contributed by atoms with Crippen LogP contribution < -0.4 is 5.73 Å². The standard InChI is InChI=1S/C14H25N3O2/c1-2-3-11(6-8-15)4-5-13-16-14(17-19-13)12-7-9-18-10-12/h11-12H,2-10,15H2,1H3. The first kappa shape index (κ1) is 14.5. The Labute approximate surface area is 114 Å². The second-order valence-corrected chi connectivity index (χ2v) is 5.38. The highest BCUT2D eigenvalue weighted by atomic mass is 16.5. The van der Waals surface area contributed by atoms with Gasteiger partial charge in [0.2, 0.25) is 5.89 Å². The van der Waals surface area contributed by atoms with Crippen molar-refractivity contribution in [2.75, 3.05) is 19.8 Å². The Balaban J connectivity index is 1.81. The largest absolute Gasteiger partial charge is 0.381 e. The predicted molar refractivity (Wildman–Crippen MR) is 72.9 cm³/mol. The van der Waals surface area contributed by atoms with E-state index in [0.29, 0.717) is 11.8 Å². The van der Waals surface area contributed by atoms with Gasteiger partial charge in [0.05, 0.1) is 6.61 Å². The molecule has 1 aliphatic heterocycles. The number of nitrogens with zero attached hydrogens (tertiary/aromatic N) is 2. The zero-order valence-corrected chi connectivity index (χ0v) is 11.8. The normalized spacial score (nSPS) is 20.8. The third kappa shape index (κ3) is 4.28. The molecule has 1 fully saturated rings. The second-order valence-electron chi connectivity index (χ2n) is 5.38. The first-order valence-corrected chi connectivity index (χ1v) is 7.43. The van der Waals surface area contributed by atoms with Crippen LogP contribution in [0.4, 0.5) is 0 Å². The van der Waals surface area contributed by atoms with Crippen LogP contribution in [0.15, 0.2) is 4.52 Å². The van der Waals surface area contributed by atoms with Crippen molar-refractivity contribution in [1.82, 2.24) is 10.1 Å². The van der Waals surface area contributed by atoms with Crippen LogP contribution in [0.3, 0.4) is 0 Å². The molecule has 1 saturated heterocycles. The molecule has 0 aliphatic carbocycles. The Bertz CT molecular complexity index is 355. The van der Waals surface area contributed by atoms with Gasteiger partial charge >= 0.3 is 0 Å². The molecule has 2 heterocycles. The summed E-state index contributed by atoms with van der Waals surface area (Å²) in [5.74, 6) is 2.59. The van der Waals surface area contributed by atoms with E-state index < -0.39 is 0 Å². The molecule has 2 N–H and O–H groups in total. The molecule has 0 amide bonds. The van der Waals surface area contributed by atoms with Crippen molar-refractivity contribution in [1.29, 1.82) is 0 Å². The van der Waals surface area contributed by atoms with Crippen LogP contribution in [-0.2, 0) is 11.2 Å². The maximum atomic E-state index is 5.65. The summed E-state index contributed by atoms with van der Waals surface area (Å²) >= 11 is 0. The molecule has 1 aromatic rings. The first-order valence-electron chi connectivity index (χ1n) is 7.43. The average Bonchev–Trinajstić information content (AvgIpc) is 3.07. The van der Waals surface area contributed by atoms with Crippen molar-refractivity contribution in [3.8, 4) is 0 Å². The second kappa shape index (κ2) is 7.60. The lowest BCUT2D eigenvalue weighted by Gasteiger charge is -2.13. The van der Waals surface area contributed by atoms with Crippen molar-refractivity contribution < 1.29 is 9.26 Å². The first-order chi connectivity index (χ1) is 9.33. The number of rotatable bonds is 8. The number of hydrogen-bond acceptors (Lipinski definition) is 5. The number of hydrogen-bond donors (Lipinski definition) is 1. The fraction of sp³-hybridized carbons (Fsp3) is 0.857. The lowest BCUT2D eigenvalue weighted by atomic mass is 9.94. The Morgan fingerprint density at radius 2 is 2.26 bits per heavy atom. The number of aromatic nitrogens is 2. The molecule has 1 aliphatic rings. The van der Waals surface area contributed by atoms with E-state index in [1.54, 1.807) is 0 Å².